The van der Waals surface area contributed by atoms with Gasteiger partial charge in [0.1, 0.15) is 0 Å². The highest BCUT2D eigenvalue weighted by molar-refractivity contribution is 7.09. The van der Waals surface area contributed by atoms with Crippen LogP contribution in [0.1, 0.15) is 31.2 Å². The van der Waals surface area contributed by atoms with Gasteiger partial charge in [-0.25, -0.2) is 4.98 Å². The van der Waals surface area contributed by atoms with Crippen LogP contribution < -0.4 is 5.32 Å². The van der Waals surface area contributed by atoms with E-state index in [1.54, 1.807) is 11.3 Å². The normalized spacial score (nSPS) is 22.9. The smallest absolute Gasteiger partial charge is 0.0933 e. The van der Waals surface area contributed by atoms with E-state index in [1.807, 2.05) is 6.07 Å². The van der Waals surface area contributed by atoms with Crippen molar-refractivity contribution < 1.29 is 0 Å². The van der Waals surface area contributed by atoms with Gasteiger partial charge in [-0.15, -0.1) is 11.3 Å². The second kappa shape index (κ2) is 6.51. The fraction of sp³-hybridized carbons (Fsp3) is 0.471. The van der Waals surface area contributed by atoms with E-state index < -0.39 is 0 Å². The number of thiazole rings is 1. The van der Waals surface area contributed by atoms with Crippen LogP contribution in [0.15, 0.2) is 35.7 Å². The molecule has 1 aliphatic rings. The molecular weight excluding hydrogens is 264 g/mol. The van der Waals surface area contributed by atoms with Crippen LogP contribution in [-0.2, 0) is 6.42 Å². The lowest BCUT2D eigenvalue weighted by Gasteiger charge is -2.27. The molecule has 0 aliphatic carbocycles. The molecule has 0 amide bonds. The minimum atomic E-state index is 0.690. The number of rotatable bonds is 4. The van der Waals surface area contributed by atoms with Crippen LogP contribution in [-0.4, -0.2) is 17.6 Å². The second-order valence-electron chi connectivity index (χ2n) is 5.82. The molecule has 1 aromatic carbocycles. The summed E-state index contributed by atoms with van der Waals surface area (Å²) in [4.78, 5) is 4.77. The summed E-state index contributed by atoms with van der Waals surface area (Å²) in [5.74, 6) is 0.843. The van der Waals surface area contributed by atoms with Crippen LogP contribution in [0.3, 0.4) is 0 Å². The molecule has 3 heteroatoms. The van der Waals surface area contributed by atoms with Crippen molar-refractivity contribution in [2.24, 2.45) is 5.92 Å². The Morgan fingerprint density at radius 2 is 2.10 bits per heavy atom. The van der Waals surface area contributed by atoms with Crippen LogP contribution in [0.5, 0.6) is 0 Å². The zero-order valence-corrected chi connectivity index (χ0v) is 12.8. The number of nitrogens with one attached hydrogen (secondary N) is 1. The van der Waals surface area contributed by atoms with E-state index >= 15 is 0 Å². The first-order valence-electron chi connectivity index (χ1n) is 7.54. The van der Waals surface area contributed by atoms with E-state index in [0.717, 1.165) is 18.0 Å². The summed E-state index contributed by atoms with van der Waals surface area (Å²) in [6, 6.07) is 11.1. The molecule has 0 spiro atoms. The lowest BCUT2D eigenvalue weighted by molar-refractivity contribution is 0.316. The zero-order chi connectivity index (χ0) is 13.8. The molecule has 0 saturated carbocycles. The third kappa shape index (κ3) is 3.47. The molecule has 1 aliphatic heterocycles. The van der Waals surface area contributed by atoms with E-state index in [4.69, 9.17) is 4.98 Å². The molecule has 2 atom stereocenters. The lowest BCUT2D eigenvalue weighted by atomic mass is 9.94. The summed E-state index contributed by atoms with van der Waals surface area (Å²) in [6.45, 7) is 3.51. The number of nitrogens with zero attached hydrogens (tertiary/aromatic N) is 1. The highest BCUT2D eigenvalue weighted by atomic mass is 32.1. The fourth-order valence-corrected chi connectivity index (χ4v) is 3.59. The van der Waals surface area contributed by atoms with Crippen LogP contribution in [0.25, 0.3) is 11.3 Å². The van der Waals surface area contributed by atoms with Crippen molar-refractivity contribution in [2.45, 2.75) is 38.6 Å². The van der Waals surface area contributed by atoms with E-state index in [9.17, 15) is 0 Å². The Morgan fingerprint density at radius 3 is 2.85 bits per heavy atom. The van der Waals surface area contributed by atoms with Gasteiger partial charge >= 0.3 is 0 Å². The molecule has 2 aromatic rings. The van der Waals surface area contributed by atoms with Gasteiger partial charge in [-0.3, -0.25) is 0 Å². The molecule has 106 valence electrons. The van der Waals surface area contributed by atoms with E-state index in [0.29, 0.717) is 6.04 Å². The number of piperidine rings is 1. The van der Waals surface area contributed by atoms with E-state index in [2.05, 4.69) is 41.9 Å². The lowest BCUT2D eigenvalue weighted by Crippen LogP contribution is -2.38. The average Bonchev–Trinajstić information content (AvgIpc) is 2.97. The molecule has 0 radical (unpaired) electrons. The maximum atomic E-state index is 4.77. The van der Waals surface area contributed by atoms with Crippen LogP contribution in [0.4, 0.5) is 0 Å². The summed E-state index contributed by atoms with van der Waals surface area (Å²) >= 11 is 1.79. The van der Waals surface area contributed by atoms with Crippen molar-refractivity contribution in [3.8, 4) is 11.3 Å². The molecule has 2 nitrogen and oxygen atoms in total. The van der Waals surface area contributed by atoms with Gasteiger partial charge in [-0.1, -0.05) is 37.3 Å². The first-order valence-corrected chi connectivity index (χ1v) is 8.42. The van der Waals surface area contributed by atoms with Gasteiger partial charge < -0.3 is 5.32 Å². The van der Waals surface area contributed by atoms with Crippen molar-refractivity contribution in [3.63, 3.8) is 0 Å². The van der Waals surface area contributed by atoms with E-state index in [-0.39, 0.29) is 0 Å². The molecule has 3 rings (SSSR count). The summed E-state index contributed by atoms with van der Waals surface area (Å²) < 4.78 is 0. The Hall–Kier alpha value is -1.19. The monoisotopic (exact) mass is 286 g/mol. The Kier molecular flexibility index (Phi) is 4.48. The standard InChI is InChI=1S/C17H22N2S/c1-13-7-8-15(18-11-13)9-10-17-19-16(12-20-17)14-5-3-2-4-6-14/h2-6,12-13,15,18H,7-11H2,1H3. The van der Waals surface area contributed by atoms with Gasteiger partial charge in [0.15, 0.2) is 0 Å². The van der Waals surface area contributed by atoms with Crippen LogP contribution in [0, 0.1) is 5.92 Å². The summed E-state index contributed by atoms with van der Waals surface area (Å²) in [5, 5.41) is 7.10. The molecule has 1 N–H and O–H groups in total. The first-order chi connectivity index (χ1) is 9.81. The van der Waals surface area contributed by atoms with Crippen LogP contribution >= 0.6 is 11.3 Å². The predicted molar refractivity (Wildman–Crippen MR) is 86.1 cm³/mol. The molecule has 0 bridgehead atoms. The highest BCUT2D eigenvalue weighted by Gasteiger charge is 2.17. The largest absolute Gasteiger partial charge is 0.314 e. The van der Waals surface area contributed by atoms with Gasteiger partial charge in [0.25, 0.3) is 0 Å². The average molecular weight is 286 g/mol. The Labute approximate surface area is 125 Å². The van der Waals surface area contributed by atoms with Gasteiger partial charge in [-0.05, 0) is 31.7 Å². The molecule has 1 aromatic heterocycles. The highest BCUT2D eigenvalue weighted by Crippen LogP contribution is 2.23. The summed E-state index contributed by atoms with van der Waals surface area (Å²) in [7, 11) is 0. The van der Waals surface area contributed by atoms with Gasteiger partial charge in [-0.2, -0.15) is 0 Å². The second-order valence-corrected chi connectivity index (χ2v) is 6.76. The number of benzene rings is 1. The SMILES string of the molecule is CC1CCC(CCc2nc(-c3ccccc3)cs2)NC1. The third-order valence-electron chi connectivity index (χ3n) is 4.09. The topological polar surface area (TPSA) is 24.9 Å². The van der Waals surface area contributed by atoms with Crippen LogP contribution in [0.2, 0.25) is 0 Å². The molecule has 1 saturated heterocycles. The number of aryl methyl sites for hydroxylation is 1. The predicted octanol–water partition coefficient (Wildman–Crippen LogP) is 4.13. The maximum absolute atomic E-state index is 4.77. The van der Waals surface area contributed by atoms with E-state index in [1.165, 1.54) is 36.4 Å². The third-order valence-corrected chi connectivity index (χ3v) is 5.00. The Balaban J connectivity index is 1.55. The summed E-state index contributed by atoms with van der Waals surface area (Å²) in [6.07, 6.45) is 5.00. The number of aromatic nitrogens is 1. The summed E-state index contributed by atoms with van der Waals surface area (Å²) in [5.41, 5.74) is 2.34. The van der Waals surface area contributed by atoms with Crippen molar-refractivity contribution in [1.29, 1.82) is 0 Å². The minimum absolute atomic E-state index is 0.690. The van der Waals surface area contributed by atoms with Crippen molar-refractivity contribution >= 4 is 11.3 Å². The molecular formula is C17H22N2S. The molecule has 2 unspecified atom stereocenters. The zero-order valence-electron chi connectivity index (χ0n) is 12.0. The van der Waals surface area contributed by atoms with Gasteiger partial charge in [0, 0.05) is 23.4 Å². The molecule has 2 heterocycles. The number of hydrogen-bond acceptors (Lipinski definition) is 3. The van der Waals surface area contributed by atoms with Crippen molar-refractivity contribution in [3.05, 3.63) is 40.7 Å². The number of hydrogen-bond donors (Lipinski definition) is 1. The molecule has 20 heavy (non-hydrogen) atoms. The van der Waals surface area contributed by atoms with Gasteiger partial charge in [0.05, 0.1) is 10.7 Å². The Bertz CT molecular complexity index is 527. The van der Waals surface area contributed by atoms with Crippen molar-refractivity contribution in [2.75, 3.05) is 6.54 Å². The fourth-order valence-electron chi connectivity index (χ4n) is 2.77. The Morgan fingerprint density at radius 1 is 1.25 bits per heavy atom. The molecule has 1 fully saturated rings. The van der Waals surface area contributed by atoms with Gasteiger partial charge in [0.2, 0.25) is 0 Å². The minimum Gasteiger partial charge on any atom is -0.314 e. The quantitative estimate of drug-likeness (QED) is 0.914. The first kappa shape index (κ1) is 13.8. The van der Waals surface area contributed by atoms with Crippen molar-refractivity contribution in [1.82, 2.24) is 10.3 Å². The maximum Gasteiger partial charge on any atom is 0.0933 e.